The van der Waals surface area contributed by atoms with E-state index in [-0.39, 0.29) is 5.54 Å². The minimum atomic E-state index is -0.185. The highest BCUT2D eigenvalue weighted by molar-refractivity contribution is 6.14. The molecule has 2 nitrogen and oxygen atoms in total. The smallest absolute Gasteiger partial charge is 0.0643 e. The maximum atomic E-state index is 2.62. The molecule has 0 saturated heterocycles. The SMILES string of the molecule is CC1(n2c3ccccc3c3c(C4=CCCc5c4c4c(n5C5=CCC(c6ccccc6)C=C5)C=CCC4)cccc32)C=CC(c2ccccc2)=CC1. The zero-order valence-corrected chi connectivity index (χ0v) is 29.2. The van der Waals surface area contributed by atoms with Crippen molar-refractivity contribution < 1.29 is 0 Å². The fourth-order valence-electron chi connectivity index (χ4n) is 9.34. The normalized spacial score (nSPS) is 21.0. The van der Waals surface area contributed by atoms with Gasteiger partial charge in [0.25, 0.3) is 0 Å². The third-order valence-corrected chi connectivity index (χ3v) is 11.8. The standard InChI is InChI=1S/C49H42N2/c1-49(32-30-37(31-33-49)35-16-6-3-7-17-35)51-44-23-11-9-19-42(44)48-40(21-13-25-46(48)51)39-20-12-24-45-47(39)41-18-8-10-22-43(41)50(45)38-28-26-36(27-29-38)34-14-4-2-5-15-34/h2-7,9-11,13-17,19-23,25-26,28-32,36H,8,12,18,24,27,33H2,1H3. The quantitative estimate of drug-likeness (QED) is 0.174. The molecule has 2 unspecified atom stereocenters. The average Bonchev–Trinajstić information content (AvgIpc) is 3.73. The molecule has 2 aromatic heterocycles. The summed E-state index contributed by atoms with van der Waals surface area (Å²) in [5.74, 6) is 0.430. The molecule has 248 valence electrons. The van der Waals surface area contributed by atoms with Gasteiger partial charge in [-0.3, -0.25) is 0 Å². The molecule has 10 rings (SSSR count). The highest BCUT2D eigenvalue weighted by Gasteiger charge is 2.33. The first-order valence-electron chi connectivity index (χ1n) is 18.7. The van der Waals surface area contributed by atoms with Crippen molar-refractivity contribution in [3.05, 3.63) is 191 Å². The number of aromatic nitrogens is 2. The lowest BCUT2D eigenvalue weighted by atomic mass is 9.84. The summed E-state index contributed by atoms with van der Waals surface area (Å²) in [6, 6.07) is 37.8. The molecule has 4 aromatic carbocycles. The fourth-order valence-corrected chi connectivity index (χ4v) is 9.34. The lowest BCUT2D eigenvalue weighted by Crippen LogP contribution is -2.28. The van der Waals surface area contributed by atoms with E-state index in [1.165, 1.54) is 77.9 Å². The first kappa shape index (κ1) is 30.2. The Labute approximate surface area is 300 Å². The summed E-state index contributed by atoms with van der Waals surface area (Å²) >= 11 is 0. The molecular formula is C49H42N2. The third kappa shape index (κ3) is 4.84. The second kappa shape index (κ2) is 12.0. The number of benzene rings is 4. The molecule has 51 heavy (non-hydrogen) atoms. The van der Waals surface area contributed by atoms with Crippen LogP contribution >= 0.6 is 0 Å². The van der Waals surface area contributed by atoms with Gasteiger partial charge in [-0.25, -0.2) is 0 Å². The Morgan fingerprint density at radius 1 is 0.706 bits per heavy atom. The number of para-hydroxylation sites is 1. The van der Waals surface area contributed by atoms with E-state index in [2.05, 4.69) is 174 Å². The summed E-state index contributed by atoms with van der Waals surface area (Å²) in [5.41, 5.74) is 16.3. The van der Waals surface area contributed by atoms with E-state index in [1.54, 1.807) is 0 Å². The maximum Gasteiger partial charge on any atom is 0.0643 e. The second-order valence-corrected chi connectivity index (χ2v) is 14.8. The largest absolute Gasteiger partial charge is 0.331 e. The molecule has 0 fully saturated rings. The van der Waals surface area contributed by atoms with Crippen LogP contribution in [-0.2, 0) is 18.4 Å². The van der Waals surface area contributed by atoms with E-state index in [9.17, 15) is 0 Å². The first-order valence-corrected chi connectivity index (χ1v) is 18.7. The number of hydrogen-bond donors (Lipinski definition) is 0. The molecule has 0 N–H and O–H groups in total. The second-order valence-electron chi connectivity index (χ2n) is 14.8. The summed E-state index contributed by atoms with van der Waals surface area (Å²) < 4.78 is 5.23. The number of fused-ring (bicyclic) bond motifs is 6. The van der Waals surface area contributed by atoms with Crippen molar-refractivity contribution in [2.75, 3.05) is 0 Å². The molecule has 0 spiro atoms. The lowest BCUT2D eigenvalue weighted by molar-refractivity contribution is 0.438. The van der Waals surface area contributed by atoms with Crippen molar-refractivity contribution in [1.29, 1.82) is 0 Å². The number of allylic oxidation sites excluding steroid dienone is 10. The van der Waals surface area contributed by atoms with Gasteiger partial charge >= 0.3 is 0 Å². The number of hydrogen-bond acceptors (Lipinski definition) is 0. The molecule has 2 atom stereocenters. The number of nitrogens with zero attached hydrogens (tertiary/aromatic N) is 2. The predicted octanol–water partition coefficient (Wildman–Crippen LogP) is 12.3. The van der Waals surface area contributed by atoms with Crippen LogP contribution in [0.25, 0.3) is 44.7 Å². The van der Waals surface area contributed by atoms with Crippen LogP contribution in [0.4, 0.5) is 0 Å². The van der Waals surface area contributed by atoms with Crippen molar-refractivity contribution in [2.45, 2.75) is 56.9 Å². The Morgan fingerprint density at radius 2 is 1.51 bits per heavy atom. The monoisotopic (exact) mass is 658 g/mol. The van der Waals surface area contributed by atoms with Crippen LogP contribution in [0.3, 0.4) is 0 Å². The van der Waals surface area contributed by atoms with Crippen LogP contribution in [-0.4, -0.2) is 9.13 Å². The van der Waals surface area contributed by atoms with Crippen LogP contribution in [0.2, 0.25) is 0 Å². The number of rotatable bonds is 5. The Hall–Kier alpha value is -5.60. The van der Waals surface area contributed by atoms with E-state index >= 15 is 0 Å². The minimum absolute atomic E-state index is 0.185. The van der Waals surface area contributed by atoms with E-state index in [0.717, 1.165) is 38.5 Å². The topological polar surface area (TPSA) is 9.86 Å². The van der Waals surface area contributed by atoms with Crippen molar-refractivity contribution in [2.24, 2.45) is 0 Å². The predicted molar refractivity (Wildman–Crippen MR) is 216 cm³/mol. The van der Waals surface area contributed by atoms with Crippen LogP contribution in [0, 0.1) is 0 Å². The first-order chi connectivity index (χ1) is 25.2. The Balaban J connectivity index is 1.10. The molecule has 6 aromatic rings. The summed E-state index contributed by atoms with van der Waals surface area (Å²) in [7, 11) is 0. The molecule has 4 aliphatic rings. The van der Waals surface area contributed by atoms with E-state index in [1.807, 2.05) is 0 Å². The molecule has 0 aliphatic heterocycles. The Morgan fingerprint density at radius 3 is 2.31 bits per heavy atom. The van der Waals surface area contributed by atoms with Crippen molar-refractivity contribution in [3.63, 3.8) is 0 Å². The molecule has 0 radical (unpaired) electrons. The summed E-state index contributed by atoms with van der Waals surface area (Å²) in [6.07, 6.45) is 28.0. The molecule has 2 heterocycles. The van der Waals surface area contributed by atoms with Crippen LogP contribution in [0.15, 0.2) is 152 Å². The summed E-state index contributed by atoms with van der Waals surface area (Å²) in [4.78, 5) is 0. The fraction of sp³-hybridized carbons (Fsp3) is 0.184. The molecule has 0 amide bonds. The Bertz CT molecular complexity index is 2530. The molecular weight excluding hydrogens is 617 g/mol. The van der Waals surface area contributed by atoms with Gasteiger partial charge in [0.05, 0.1) is 11.1 Å². The molecule has 0 saturated carbocycles. The zero-order chi connectivity index (χ0) is 33.9. The van der Waals surface area contributed by atoms with Crippen molar-refractivity contribution in [1.82, 2.24) is 9.13 Å². The summed E-state index contributed by atoms with van der Waals surface area (Å²) in [5, 5.41) is 2.71. The van der Waals surface area contributed by atoms with Crippen molar-refractivity contribution >= 4 is 44.7 Å². The molecule has 0 bridgehead atoms. The zero-order valence-electron chi connectivity index (χ0n) is 29.2. The van der Waals surface area contributed by atoms with Gasteiger partial charge in [0.2, 0.25) is 0 Å². The van der Waals surface area contributed by atoms with Crippen LogP contribution in [0.5, 0.6) is 0 Å². The lowest BCUT2D eigenvalue weighted by Gasteiger charge is -2.32. The summed E-state index contributed by atoms with van der Waals surface area (Å²) in [6.45, 7) is 2.40. The van der Waals surface area contributed by atoms with Gasteiger partial charge < -0.3 is 9.13 Å². The average molecular weight is 659 g/mol. The van der Waals surface area contributed by atoms with Gasteiger partial charge in [-0.15, -0.1) is 0 Å². The maximum absolute atomic E-state index is 2.62. The third-order valence-electron chi connectivity index (χ3n) is 11.8. The van der Waals surface area contributed by atoms with Gasteiger partial charge in [0.1, 0.15) is 0 Å². The minimum Gasteiger partial charge on any atom is -0.331 e. The van der Waals surface area contributed by atoms with E-state index in [0.29, 0.717) is 5.92 Å². The van der Waals surface area contributed by atoms with Gasteiger partial charge in [-0.2, -0.15) is 0 Å². The highest BCUT2D eigenvalue weighted by atomic mass is 15.1. The Kier molecular flexibility index (Phi) is 7.13. The van der Waals surface area contributed by atoms with Gasteiger partial charge in [0, 0.05) is 44.9 Å². The van der Waals surface area contributed by atoms with Gasteiger partial charge in [0.15, 0.2) is 0 Å². The van der Waals surface area contributed by atoms with Crippen LogP contribution < -0.4 is 0 Å². The molecule has 2 heteroatoms. The van der Waals surface area contributed by atoms with E-state index < -0.39 is 0 Å². The van der Waals surface area contributed by atoms with Gasteiger partial charge in [-0.1, -0.05) is 134 Å². The van der Waals surface area contributed by atoms with Gasteiger partial charge in [-0.05, 0) is 103 Å². The van der Waals surface area contributed by atoms with E-state index in [4.69, 9.17) is 0 Å². The molecule has 4 aliphatic carbocycles. The van der Waals surface area contributed by atoms with Crippen LogP contribution in [0.1, 0.15) is 77.7 Å². The highest BCUT2D eigenvalue weighted by Crippen LogP contribution is 2.47. The van der Waals surface area contributed by atoms with Crippen molar-refractivity contribution in [3.8, 4) is 0 Å².